The van der Waals surface area contributed by atoms with Crippen LogP contribution in [0.25, 0.3) is 31.7 Å². The van der Waals surface area contributed by atoms with Gasteiger partial charge in [0.05, 0.1) is 14.2 Å². The summed E-state index contributed by atoms with van der Waals surface area (Å²) in [7, 11) is 3.38. The second kappa shape index (κ2) is 6.61. The van der Waals surface area contributed by atoms with Crippen LogP contribution >= 0.6 is 11.3 Å². The highest BCUT2D eigenvalue weighted by Gasteiger charge is 2.15. The van der Waals surface area contributed by atoms with Crippen molar-refractivity contribution in [1.82, 2.24) is 0 Å². The summed E-state index contributed by atoms with van der Waals surface area (Å²) in [6, 6.07) is 25.1. The first-order valence-electron chi connectivity index (χ1n) is 8.10. The second-order valence-corrected chi connectivity index (χ2v) is 6.81. The van der Waals surface area contributed by atoms with Gasteiger partial charge in [0.1, 0.15) is 11.5 Å². The number of hydrogen-bond acceptors (Lipinski definition) is 3. The van der Waals surface area contributed by atoms with E-state index in [0.717, 1.165) is 11.5 Å². The maximum atomic E-state index is 5.30. The number of thiophene rings is 1. The average Bonchev–Trinajstić information content (AvgIpc) is 3.07. The van der Waals surface area contributed by atoms with Gasteiger partial charge in [0.2, 0.25) is 0 Å². The van der Waals surface area contributed by atoms with Crippen LogP contribution in [0.4, 0.5) is 0 Å². The van der Waals surface area contributed by atoms with Gasteiger partial charge in [-0.25, -0.2) is 0 Å². The van der Waals surface area contributed by atoms with E-state index in [0.29, 0.717) is 0 Å². The summed E-state index contributed by atoms with van der Waals surface area (Å²) >= 11 is 1.82. The van der Waals surface area contributed by atoms with Gasteiger partial charge >= 0.3 is 0 Å². The second-order valence-electron chi connectivity index (χ2n) is 5.76. The van der Waals surface area contributed by atoms with Crippen molar-refractivity contribution in [3.63, 3.8) is 0 Å². The first-order valence-corrected chi connectivity index (χ1v) is 8.92. The molecule has 4 aromatic rings. The molecule has 0 saturated carbocycles. The molecule has 1 aromatic heterocycles. The first kappa shape index (κ1) is 15.7. The van der Waals surface area contributed by atoms with Crippen molar-refractivity contribution in [1.29, 1.82) is 0 Å². The van der Waals surface area contributed by atoms with Crippen molar-refractivity contribution in [3.8, 4) is 33.1 Å². The molecular weight excluding hydrogens is 328 g/mol. The Morgan fingerprint density at radius 2 is 1.20 bits per heavy atom. The zero-order valence-electron chi connectivity index (χ0n) is 14.2. The molecule has 4 rings (SSSR count). The van der Waals surface area contributed by atoms with Crippen molar-refractivity contribution in [2.45, 2.75) is 0 Å². The van der Waals surface area contributed by atoms with Gasteiger partial charge < -0.3 is 9.47 Å². The lowest BCUT2D eigenvalue weighted by Gasteiger charge is -2.08. The average molecular weight is 346 g/mol. The summed E-state index contributed by atoms with van der Waals surface area (Å²) in [4.78, 5) is 1.27. The molecule has 0 saturated heterocycles. The summed E-state index contributed by atoms with van der Waals surface area (Å²) < 4.78 is 11.9. The summed E-state index contributed by atoms with van der Waals surface area (Å²) in [5.74, 6) is 1.74. The highest BCUT2D eigenvalue weighted by atomic mass is 32.1. The number of ether oxygens (including phenoxy) is 2. The van der Waals surface area contributed by atoms with Crippen molar-refractivity contribution in [2.75, 3.05) is 14.2 Å². The van der Waals surface area contributed by atoms with Crippen LogP contribution < -0.4 is 9.47 Å². The maximum Gasteiger partial charge on any atom is 0.118 e. The smallest absolute Gasteiger partial charge is 0.118 e. The van der Waals surface area contributed by atoms with Crippen molar-refractivity contribution < 1.29 is 9.47 Å². The van der Waals surface area contributed by atoms with Crippen LogP contribution in [0.1, 0.15) is 0 Å². The van der Waals surface area contributed by atoms with Crippen molar-refractivity contribution >= 4 is 21.4 Å². The summed E-state index contributed by atoms with van der Waals surface area (Å²) in [5.41, 5.74) is 3.67. The Morgan fingerprint density at radius 3 is 1.80 bits per heavy atom. The Hall–Kier alpha value is -2.78. The molecule has 3 heteroatoms. The third-order valence-corrected chi connectivity index (χ3v) is 5.55. The molecule has 0 amide bonds. The van der Waals surface area contributed by atoms with Crippen LogP contribution in [0.15, 0.2) is 72.8 Å². The lowest BCUT2D eigenvalue weighted by molar-refractivity contribution is 0.414. The van der Waals surface area contributed by atoms with Gasteiger partial charge in [0, 0.05) is 20.5 Å². The monoisotopic (exact) mass is 346 g/mol. The largest absolute Gasteiger partial charge is 0.497 e. The van der Waals surface area contributed by atoms with E-state index in [1.165, 1.54) is 31.7 Å². The van der Waals surface area contributed by atoms with Crippen LogP contribution in [0.3, 0.4) is 0 Å². The Balaban J connectivity index is 1.93. The molecule has 0 N–H and O–H groups in total. The minimum Gasteiger partial charge on any atom is -0.497 e. The minimum atomic E-state index is 0.870. The van der Waals surface area contributed by atoms with E-state index in [4.69, 9.17) is 9.47 Å². The van der Waals surface area contributed by atoms with E-state index in [9.17, 15) is 0 Å². The predicted molar refractivity (Wildman–Crippen MR) is 106 cm³/mol. The quantitative estimate of drug-likeness (QED) is 0.435. The van der Waals surface area contributed by atoms with Crippen LogP contribution in [-0.4, -0.2) is 14.2 Å². The molecule has 3 aromatic carbocycles. The molecule has 0 spiro atoms. The summed E-state index contributed by atoms with van der Waals surface area (Å²) in [5, 5.41) is 1.28. The van der Waals surface area contributed by atoms with Gasteiger partial charge in [-0.3, -0.25) is 0 Å². The Kier molecular flexibility index (Phi) is 4.16. The fourth-order valence-electron chi connectivity index (χ4n) is 3.04. The minimum absolute atomic E-state index is 0.870. The first-order chi connectivity index (χ1) is 12.3. The fraction of sp³-hybridized carbons (Fsp3) is 0.0909. The van der Waals surface area contributed by atoms with Crippen molar-refractivity contribution in [2.24, 2.45) is 0 Å². The van der Waals surface area contributed by atoms with E-state index >= 15 is 0 Å². The molecule has 0 aliphatic heterocycles. The van der Waals surface area contributed by atoms with Gasteiger partial charge in [-0.1, -0.05) is 30.3 Å². The van der Waals surface area contributed by atoms with Gasteiger partial charge in [0.15, 0.2) is 0 Å². The summed E-state index contributed by atoms with van der Waals surface area (Å²) in [6.45, 7) is 0. The molecule has 124 valence electrons. The zero-order chi connectivity index (χ0) is 17.2. The lowest BCUT2D eigenvalue weighted by atomic mass is 9.99. The maximum absolute atomic E-state index is 5.30. The highest BCUT2D eigenvalue weighted by molar-refractivity contribution is 7.23. The van der Waals surface area contributed by atoms with Crippen molar-refractivity contribution in [3.05, 3.63) is 72.8 Å². The SMILES string of the molecule is COc1ccc(-c2sc3ccccc3c2-c2ccc(OC)cc2)cc1. The van der Waals surface area contributed by atoms with Gasteiger partial charge in [-0.15, -0.1) is 11.3 Å². The molecule has 2 nitrogen and oxygen atoms in total. The summed E-state index contributed by atoms with van der Waals surface area (Å²) in [6.07, 6.45) is 0. The molecule has 25 heavy (non-hydrogen) atoms. The predicted octanol–water partition coefficient (Wildman–Crippen LogP) is 6.25. The molecule has 0 aliphatic carbocycles. The van der Waals surface area contributed by atoms with Crippen LogP contribution in [0, 0.1) is 0 Å². The van der Waals surface area contributed by atoms with E-state index in [1.807, 2.05) is 35.6 Å². The highest BCUT2D eigenvalue weighted by Crippen LogP contribution is 2.45. The third kappa shape index (κ3) is 2.87. The molecule has 1 heterocycles. The zero-order valence-corrected chi connectivity index (χ0v) is 15.0. The standard InChI is InChI=1S/C22H18O2S/c1-23-17-11-7-15(8-12-17)21-19-5-3-4-6-20(19)25-22(21)16-9-13-18(24-2)14-10-16/h3-14H,1-2H3. The van der Waals surface area contributed by atoms with Crippen LogP contribution in [0.5, 0.6) is 11.5 Å². The Morgan fingerprint density at radius 1 is 0.640 bits per heavy atom. The molecule has 0 fully saturated rings. The number of methoxy groups -OCH3 is 2. The fourth-order valence-corrected chi connectivity index (χ4v) is 4.27. The Bertz CT molecular complexity index is 999. The topological polar surface area (TPSA) is 18.5 Å². The van der Waals surface area contributed by atoms with Gasteiger partial charge in [-0.2, -0.15) is 0 Å². The van der Waals surface area contributed by atoms with Gasteiger partial charge in [-0.05, 0) is 53.6 Å². The van der Waals surface area contributed by atoms with E-state index in [1.54, 1.807) is 14.2 Å². The molecular formula is C22H18O2S. The van der Waals surface area contributed by atoms with Gasteiger partial charge in [0.25, 0.3) is 0 Å². The normalized spacial score (nSPS) is 10.8. The van der Waals surface area contributed by atoms with Crippen LogP contribution in [-0.2, 0) is 0 Å². The number of hydrogen-bond donors (Lipinski definition) is 0. The number of fused-ring (bicyclic) bond motifs is 1. The molecule has 0 atom stereocenters. The third-order valence-electron chi connectivity index (χ3n) is 4.33. The number of rotatable bonds is 4. The molecule has 0 aliphatic rings. The van der Waals surface area contributed by atoms with E-state index < -0.39 is 0 Å². The van der Waals surface area contributed by atoms with Crippen LogP contribution in [0.2, 0.25) is 0 Å². The molecule has 0 radical (unpaired) electrons. The van der Waals surface area contributed by atoms with E-state index in [-0.39, 0.29) is 0 Å². The lowest BCUT2D eigenvalue weighted by Crippen LogP contribution is -1.85. The van der Waals surface area contributed by atoms with E-state index in [2.05, 4.69) is 48.5 Å². The molecule has 0 bridgehead atoms. The number of benzene rings is 3. The Labute approximate surface area is 151 Å². The molecule has 0 unspecified atom stereocenters.